The first-order chi connectivity index (χ1) is 7.65. The number of hydrogen-bond donors (Lipinski definition) is 1. The Hall–Kier alpha value is -1.83. The molecule has 0 atom stereocenters. The number of carboxylic acids is 1. The first kappa shape index (κ1) is 10.7. The standard InChI is InChI=1S/C14H14O2/c1-10-2-5-12(6-3-10)13-7-4-11(8-13)9-14(15)16/h2-3,5-6,8-9H,4,7H2,1H3,(H,15,16)/b11-9+. The Morgan fingerprint density at radius 2 is 1.94 bits per heavy atom. The highest BCUT2D eigenvalue weighted by Crippen LogP contribution is 2.31. The summed E-state index contributed by atoms with van der Waals surface area (Å²) in [5.74, 6) is -0.864. The van der Waals surface area contributed by atoms with E-state index >= 15 is 0 Å². The fourth-order valence-electron chi connectivity index (χ4n) is 1.91. The van der Waals surface area contributed by atoms with Gasteiger partial charge in [-0.25, -0.2) is 4.79 Å². The molecule has 0 amide bonds. The van der Waals surface area contributed by atoms with Crippen molar-refractivity contribution in [2.75, 3.05) is 0 Å². The average Bonchev–Trinajstić information content (AvgIpc) is 2.66. The second-order valence-corrected chi connectivity index (χ2v) is 4.09. The summed E-state index contributed by atoms with van der Waals surface area (Å²) in [5, 5.41) is 8.66. The highest BCUT2D eigenvalue weighted by molar-refractivity contribution is 5.83. The van der Waals surface area contributed by atoms with Crippen molar-refractivity contribution in [2.45, 2.75) is 19.8 Å². The van der Waals surface area contributed by atoms with Crippen molar-refractivity contribution in [2.24, 2.45) is 0 Å². The Bertz CT molecular complexity index is 464. The third kappa shape index (κ3) is 2.40. The van der Waals surface area contributed by atoms with Crippen molar-refractivity contribution in [1.82, 2.24) is 0 Å². The van der Waals surface area contributed by atoms with Crippen LogP contribution < -0.4 is 0 Å². The van der Waals surface area contributed by atoms with Crippen molar-refractivity contribution >= 4 is 11.5 Å². The van der Waals surface area contributed by atoms with Crippen molar-refractivity contribution < 1.29 is 9.90 Å². The smallest absolute Gasteiger partial charge is 0.328 e. The van der Waals surface area contributed by atoms with Crippen LogP contribution in [0.4, 0.5) is 0 Å². The molecule has 0 aromatic heterocycles. The molecule has 0 bridgehead atoms. The molecule has 0 aliphatic heterocycles. The Balaban J connectivity index is 2.24. The fourth-order valence-corrected chi connectivity index (χ4v) is 1.91. The minimum atomic E-state index is -0.864. The Morgan fingerprint density at radius 3 is 2.56 bits per heavy atom. The molecule has 0 saturated carbocycles. The van der Waals surface area contributed by atoms with Gasteiger partial charge in [0.25, 0.3) is 0 Å². The topological polar surface area (TPSA) is 37.3 Å². The molecule has 16 heavy (non-hydrogen) atoms. The van der Waals surface area contributed by atoms with E-state index < -0.39 is 5.97 Å². The zero-order chi connectivity index (χ0) is 11.5. The first-order valence-corrected chi connectivity index (χ1v) is 5.36. The van der Waals surface area contributed by atoms with Crippen LogP contribution in [-0.4, -0.2) is 11.1 Å². The van der Waals surface area contributed by atoms with Crippen LogP contribution in [-0.2, 0) is 4.79 Å². The van der Waals surface area contributed by atoms with Gasteiger partial charge >= 0.3 is 5.97 Å². The summed E-state index contributed by atoms with van der Waals surface area (Å²) in [6.07, 6.45) is 5.04. The lowest BCUT2D eigenvalue weighted by atomic mass is 10.0. The predicted molar refractivity (Wildman–Crippen MR) is 64.1 cm³/mol. The van der Waals surface area contributed by atoms with E-state index in [0.29, 0.717) is 0 Å². The van der Waals surface area contributed by atoms with Crippen molar-refractivity contribution in [3.05, 3.63) is 53.1 Å². The van der Waals surface area contributed by atoms with E-state index in [-0.39, 0.29) is 0 Å². The van der Waals surface area contributed by atoms with Crippen LogP contribution in [0.1, 0.15) is 24.0 Å². The molecule has 2 nitrogen and oxygen atoms in total. The summed E-state index contributed by atoms with van der Waals surface area (Å²) in [5.41, 5.74) is 4.57. The van der Waals surface area contributed by atoms with Gasteiger partial charge in [0.2, 0.25) is 0 Å². The molecule has 0 heterocycles. The molecule has 0 fully saturated rings. The van der Waals surface area contributed by atoms with Gasteiger partial charge in [-0.05, 0) is 36.5 Å². The molecule has 0 spiro atoms. The second kappa shape index (κ2) is 4.35. The quantitative estimate of drug-likeness (QED) is 0.768. The van der Waals surface area contributed by atoms with Crippen LogP contribution in [0.25, 0.3) is 5.57 Å². The second-order valence-electron chi connectivity index (χ2n) is 4.09. The third-order valence-electron chi connectivity index (χ3n) is 2.77. The van der Waals surface area contributed by atoms with E-state index in [1.807, 2.05) is 6.08 Å². The van der Waals surface area contributed by atoms with Gasteiger partial charge in [-0.3, -0.25) is 0 Å². The molecule has 1 aliphatic rings. The summed E-state index contributed by atoms with van der Waals surface area (Å²) in [6.45, 7) is 2.06. The molecule has 1 aromatic carbocycles. The molecule has 0 radical (unpaired) electrons. The molecular formula is C14H14O2. The molecule has 1 aliphatic carbocycles. The van der Waals surface area contributed by atoms with Crippen LogP contribution in [0.3, 0.4) is 0 Å². The molecule has 0 saturated heterocycles. The number of rotatable bonds is 2. The van der Waals surface area contributed by atoms with Gasteiger partial charge < -0.3 is 5.11 Å². The minimum absolute atomic E-state index is 0.829. The van der Waals surface area contributed by atoms with Crippen LogP contribution in [0.2, 0.25) is 0 Å². The van der Waals surface area contributed by atoms with Gasteiger partial charge in [0.15, 0.2) is 0 Å². The third-order valence-corrected chi connectivity index (χ3v) is 2.77. The number of aliphatic carboxylic acids is 1. The van der Waals surface area contributed by atoms with Crippen LogP contribution >= 0.6 is 0 Å². The van der Waals surface area contributed by atoms with Gasteiger partial charge in [-0.1, -0.05) is 35.9 Å². The number of aryl methyl sites for hydroxylation is 1. The van der Waals surface area contributed by atoms with Gasteiger partial charge in [0.1, 0.15) is 0 Å². The van der Waals surface area contributed by atoms with E-state index in [9.17, 15) is 4.79 Å². The molecule has 0 unspecified atom stereocenters. The Kier molecular flexibility index (Phi) is 2.91. The monoisotopic (exact) mass is 214 g/mol. The number of benzene rings is 1. The highest BCUT2D eigenvalue weighted by Gasteiger charge is 2.11. The van der Waals surface area contributed by atoms with Gasteiger partial charge in [0.05, 0.1) is 0 Å². The minimum Gasteiger partial charge on any atom is -0.478 e. The van der Waals surface area contributed by atoms with Gasteiger partial charge in [-0.15, -0.1) is 0 Å². The maximum atomic E-state index is 10.5. The molecule has 1 N–H and O–H groups in total. The summed E-state index contributed by atoms with van der Waals surface area (Å²) >= 11 is 0. The predicted octanol–water partition coefficient (Wildman–Crippen LogP) is 3.18. The van der Waals surface area contributed by atoms with E-state index in [1.54, 1.807) is 0 Å². The number of carboxylic acid groups (broad SMARTS) is 1. The van der Waals surface area contributed by atoms with Crippen molar-refractivity contribution in [3.63, 3.8) is 0 Å². The lowest BCUT2D eigenvalue weighted by molar-refractivity contribution is -0.131. The van der Waals surface area contributed by atoms with E-state index in [4.69, 9.17) is 5.11 Å². The summed E-state index contributed by atoms with van der Waals surface area (Å²) in [4.78, 5) is 10.5. The van der Waals surface area contributed by atoms with Crippen LogP contribution in [0.5, 0.6) is 0 Å². The van der Waals surface area contributed by atoms with Crippen molar-refractivity contribution in [3.8, 4) is 0 Å². The summed E-state index contributed by atoms with van der Waals surface area (Å²) in [7, 11) is 0. The first-order valence-electron chi connectivity index (χ1n) is 5.36. The van der Waals surface area contributed by atoms with E-state index in [0.717, 1.165) is 18.4 Å². The summed E-state index contributed by atoms with van der Waals surface area (Å²) in [6, 6.07) is 8.33. The number of allylic oxidation sites excluding steroid dienone is 3. The van der Waals surface area contributed by atoms with E-state index in [2.05, 4.69) is 31.2 Å². The maximum absolute atomic E-state index is 10.5. The summed E-state index contributed by atoms with van der Waals surface area (Å²) < 4.78 is 0. The van der Waals surface area contributed by atoms with Crippen molar-refractivity contribution in [1.29, 1.82) is 0 Å². The molecule has 1 aromatic rings. The molecule has 2 rings (SSSR count). The van der Waals surface area contributed by atoms with Gasteiger partial charge in [-0.2, -0.15) is 0 Å². The normalized spacial score (nSPS) is 17.6. The molecule has 2 heteroatoms. The maximum Gasteiger partial charge on any atom is 0.328 e. The average molecular weight is 214 g/mol. The number of carbonyl (C=O) groups is 1. The number of hydrogen-bond acceptors (Lipinski definition) is 1. The fraction of sp³-hybridized carbons (Fsp3) is 0.214. The molecule has 82 valence electrons. The largest absolute Gasteiger partial charge is 0.478 e. The highest BCUT2D eigenvalue weighted by atomic mass is 16.4. The Morgan fingerprint density at radius 1 is 1.25 bits per heavy atom. The zero-order valence-corrected chi connectivity index (χ0v) is 9.23. The van der Waals surface area contributed by atoms with Crippen LogP contribution in [0.15, 0.2) is 42.0 Å². The lowest BCUT2D eigenvalue weighted by Crippen LogP contribution is -1.88. The lowest BCUT2D eigenvalue weighted by Gasteiger charge is -2.01. The molecular weight excluding hydrogens is 200 g/mol. The van der Waals surface area contributed by atoms with Crippen LogP contribution in [0, 0.1) is 6.92 Å². The van der Waals surface area contributed by atoms with Gasteiger partial charge in [0, 0.05) is 6.08 Å². The Labute approximate surface area is 94.9 Å². The zero-order valence-electron chi connectivity index (χ0n) is 9.23. The van der Waals surface area contributed by atoms with E-state index in [1.165, 1.54) is 22.8 Å². The SMILES string of the molecule is Cc1ccc(C2=C/C(=C/C(=O)O)CC2)cc1.